The lowest BCUT2D eigenvalue weighted by Crippen LogP contribution is -2.35. The Kier molecular flexibility index (Phi) is 6.44. The third-order valence-electron chi connectivity index (χ3n) is 4.14. The van der Waals surface area contributed by atoms with Crippen molar-refractivity contribution in [2.45, 2.75) is 31.8 Å². The molecule has 1 aromatic carbocycles. The van der Waals surface area contributed by atoms with Crippen molar-refractivity contribution in [3.8, 4) is 0 Å². The van der Waals surface area contributed by atoms with Crippen molar-refractivity contribution in [1.29, 1.82) is 0 Å². The van der Waals surface area contributed by atoms with Crippen LogP contribution in [0.3, 0.4) is 0 Å². The van der Waals surface area contributed by atoms with E-state index in [-0.39, 0.29) is 12.5 Å². The van der Waals surface area contributed by atoms with Crippen LogP contribution >= 0.6 is 12.0 Å². The van der Waals surface area contributed by atoms with E-state index in [1.165, 1.54) is 18.0 Å². The van der Waals surface area contributed by atoms with Crippen molar-refractivity contribution < 1.29 is 23.3 Å². The standard InChI is InChI=1S/C16H21FN2O4S/c1-3-10(6-7-24-22)12-5-4-11(8-13(12)17)19-9-14(15(20)18-2)23-16(19)21/h4-5,8,10,14,22H,3,6-7,9H2,1-2H3,(H,18,20)/t10?,14-/m1/s1. The van der Waals surface area contributed by atoms with Crippen molar-refractivity contribution >= 4 is 29.7 Å². The topological polar surface area (TPSA) is 78.9 Å². The Hall–Kier alpha value is -1.80. The number of carbonyl (C=O) groups is 2. The highest BCUT2D eigenvalue weighted by Gasteiger charge is 2.36. The molecule has 0 spiro atoms. The average Bonchev–Trinajstić information content (AvgIpc) is 2.97. The van der Waals surface area contributed by atoms with Gasteiger partial charge in [0.25, 0.3) is 5.91 Å². The van der Waals surface area contributed by atoms with Gasteiger partial charge in [0.05, 0.1) is 12.2 Å². The van der Waals surface area contributed by atoms with E-state index in [0.29, 0.717) is 23.4 Å². The van der Waals surface area contributed by atoms with Crippen LogP contribution in [0.15, 0.2) is 18.2 Å². The molecule has 1 fully saturated rings. The minimum atomic E-state index is -0.893. The Labute approximate surface area is 144 Å². The molecule has 2 rings (SSSR count). The van der Waals surface area contributed by atoms with Gasteiger partial charge in [-0.05, 0) is 48.5 Å². The number of hydrogen-bond acceptors (Lipinski definition) is 5. The van der Waals surface area contributed by atoms with Crippen LogP contribution in [0.25, 0.3) is 0 Å². The SMILES string of the molecule is CCC(CCSO)c1ccc(N2C[C@H](C(=O)NC)OC2=O)cc1F. The van der Waals surface area contributed by atoms with Crippen molar-refractivity contribution in [2.24, 2.45) is 0 Å². The minimum absolute atomic E-state index is 0.00264. The Morgan fingerprint density at radius 2 is 2.33 bits per heavy atom. The first kappa shape index (κ1) is 18.5. The molecule has 6 nitrogen and oxygen atoms in total. The van der Waals surface area contributed by atoms with Crippen molar-refractivity contribution in [2.75, 3.05) is 24.2 Å². The molecule has 1 saturated heterocycles. The van der Waals surface area contributed by atoms with Crippen LogP contribution in [0.4, 0.5) is 14.9 Å². The molecular formula is C16H21FN2O4S. The quantitative estimate of drug-likeness (QED) is 0.734. The number of nitrogens with zero attached hydrogens (tertiary/aromatic N) is 1. The van der Waals surface area contributed by atoms with E-state index in [4.69, 9.17) is 9.29 Å². The number of likely N-dealkylation sites (N-methyl/N-ethyl adjacent to an activating group) is 1. The first-order chi connectivity index (χ1) is 11.5. The number of carbonyl (C=O) groups excluding carboxylic acids is 2. The van der Waals surface area contributed by atoms with Crippen molar-refractivity contribution in [1.82, 2.24) is 5.32 Å². The second-order valence-corrected chi connectivity index (χ2v) is 6.20. The Balaban J connectivity index is 2.17. The largest absolute Gasteiger partial charge is 0.434 e. The first-order valence-electron chi connectivity index (χ1n) is 7.77. The maximum absolute atomic E-state index is 14.5. The molecule has 2 atom stereocenters. The summed E-state index contributed by atoms with van der Waals surface area (Å²) in [6.45, 7) is 2.02. The van der Waals surface area contributed by atoms with Gasteiger partial charge in [-0.3, -0.25) is 9.69 Å². The number of ether oxygens (including phenoxy) is 1. The molecule has 0 aromatic heterocycles. The van der Waals surface area contributed by atoms with Gasteiger partial charge in [0.1, 0.15) is 5.82 Å². The highest BCUT2D eigenvalue weighted by molar-refractivity contribution is 7.93. The van der Waals surface area contributed by atoms with Crippen molar-refractivity contribution in [3.63, 3.8) is 0 Å². The van der Waals surface area contributed by atoms with Gasteiger partial charge in [0.15, 0.2) is 6.10 Å². The number of cyclic esters (lactones) is 1. The van der Waals surface area contributed by atoms with Gasteiger partial charge in [-0.25, -0.2) is 9.18 Å². The fourth-order valence-electron chi connectivity index (χ4n) is 2.76. The van der Waals surface area contributed by atoms with E-state index in [9.17, 15) is 14.0 Å². The van der Waals surface area contributed by atoms with Crippen LogP contribution < -0.4 is 10.2 Å². The summed E-state index contributed by atoms with van der Waals surface area (Å²) in [6, 6.07) is 4.60. The molecule has 2 N–H and O–H groups in total. The molecule has 1 heterocycles. The smallest absolute Gasteiger partial charge is 0.415 e. The molecular weight excluding hydrogens is 335 g/mol. The zero-order valence-electron chi connectivity index (χ0n) is 13.6. The maximum Gasteiger partial charge on any atom is 0.415 e. The molecule has 1 aliphatic heterocycles. The number of hydrogen-bond donors (Lipinski definition) is 2. The van der Waals surface area contributed by atoms with Gasteiger partial charge < -0.3 is 14.6 Å². The van der Waals surface area contributed by atoms with E-state index >= 15 is 0 Å². The lowest BCUT2D eigenvalue weighted by Gasteiger charge is -2.18. The summed E-state index contributed by atoms with van der Waals surface area (Å²) in [5.41, 5.74) is 0.921. The number of rotatable bonds is 7. The van der Waals surface area contributed by atoms with Crippen LogP contribution in [-0.4, -0.2) is 42.0 Å². The lowest BCUT2D eigenvalue weighted by molar-refractivity contribution is -0.127. The third kappa shape index (κ3) is 3.99. The van der Waals surface area contributed by atoms with Gasteiger partial charge in [-0.15, -0.1) is 0 Å². The summed E-state index contributed by atoms with van der Waals surface area (Å²) in [5, 5.41) is 2.42. The van der Waals surface area contributed by atoms with Crippen molar-refractivity contribution in [3.05, 3.63) is 29.6 Å². The molecule has 2 amide bonds. The molecule has 8 heteroatoms. The van der Waals surface area contributed by atoms with Crippen LogP contribution in [0, 0.1) is 5.82 Å². The molecule has 1 aliphatic rings. The Morgan fingerprint density at radius 1 is 1.58 bits per heavy atom. The predicted octanol–water partition coefficient (Wildman–Crippen LogP) is 2.99. The summed E-state index contributed by atoms with van der Waals surface area (Å²) in [4.78, 5) is 24.7. The van der Waals surface area contributed by atoms with Gasteiger partial charge in [0.2, 0.25) is 0 Å². The number of anilines is 1. The molecule has 24 heavy (non-hydrogen) atoms. The predicted molar refractivity (Wildman–Crippen MR) is 90.8 cm³/mol. The van der Waals surface area contributed by atoms with E-state index in [1.54, 1.807) is 12.1 Å². The van der Waals surface area contributed by atoms with E-state index in [0.717, 1.165) is 18.5 Å². The van der Waals surface area contributed by atoms with Gasteiger partial charge in [-0.2, -0.15) is 0 Å². The van der Waals surface area contributed by atoms with Crippen LogP contribution in [-0.2, 0) is 9.53 Å². The van der Waals surface area contributed by atoms with Gasteiger partial charge in [-0.1, -0.05) is 13.0 Å². The summed E-state index contributed by atoms with van der Waals surface area (Å²) in [7, 11) is 1.46. The van der Waals surface area contributed by atoms with Crippen LogP contribution in [0.1, 0.15) is 31.2 Å². The molecule has 0 bridgehead atoms. The lowest BCUT2D eigenvalue weighted by atomic mass is 9.93. The molecule has 0 saturated carbocycles. The second kappa shape index (κ2) is 8.34. The Bertz CT molecular complexity index is 614. The number of halogens is 1. The van der Waals surface area contributed by atoms with Crippen LogP contribution in [0.5, 0.6) is 0 Å². The van der Waals surface area contributed by atoms with E-state index < -0.39 is 23.9 Å². The van der Waals surface area contributed by atoms with E-state index in [1.807, 2.05) is 6.92 Å². The molecule has 0 radical (unpaired) electrons. The third-order valence-corrected chi connectivity index (χ3v) is 4.55. The first-order valence-corrected chi connectivity index (χ1v) is 8.71. The summed E-state index contributed by atoms with van der Waals surface area (Å²) in [6.07, 6.45) is -0.144. The summed E-state index contributed by atoms with van der Waals surface area (Å²) < 4.78 is 28.4. The summed E-state index contributed by atoms with van der Waals surface area (Å²) >= 11 is 0.745. The highest BCUT2D eigenvalue weighted by Crippen LogP contribution is 2.31. The van der Waals surface area contributed by atoms with Gasteiger partial charge >= 0.3 is 6.09 Å². The number of nitrogens with one attached hydrogen (secondary N) is 1. The van der Waals surface area contributed by atoms with Crippen LogP contribution in [0.2, 0.25) is 0 Å². The maximum atomic E-state index is 14.5. The summed E-state index contributed by atoms with van der Waals surface area (Å²) in [5.74, 6) is -0.261. The number of amides is 2. The molecule has 1 unspecified atom stereocenters. The molecule has 0 aliphatic carbocycles. The molecule has 1 aromatic rings. The second-order valence-electron chi connectivity index (χ2n) is 5.53. The molecule has 132 valence electrons. The zero-order chi connectivity index (χ0) is 17.7. The Morgan fingerprint density at radius 3 is 2.92 bits per heavy atom. The van der Waals surface area contributed by atoms with Gasteiger partial charge in [0, 0.05) is 12.8 Å². The fraction of sp³-hybridized carbons (Fsp3) is 0.500. The minimum Gasteiger partial charge on any atom is -0.434 e. The zero-order valence-corrected chi connectivity index (χ0v) is 14.4. The fourth-order valence-corrected chi connectivity index (χ4v) is 3.15. The highest BCUT2D eigenvalue weighted by atomic mass is 32.2. The number of benzene rings is 1. The average molecular weight is 356 g/mol. The van der Waals surface area contributed by atoms with E-state index in [2.05, 4.69) is 5.32 Å². The monoisotopic (exact) mass is 356 g/mol. The normalized spacial score (nSPS) is 18.4.